The van der Waals surface area contributed by atoms with Gasteiger partial charge in [0.2, 0.25) is 0 Å². The number of carbonyl (C=O) groups is 1. The van der Waals surface area contributed by atoms with E-state index < -0.39 is 73.4 Å². The van der Waals surface area contributed by atoms with E-state index in [1.165, 1.54) is 24.3 Å². The molecule has 12 nitrogen and oxygen atoms in total. The van der Waals surface area contributed by atoms with Crippen LogP contribution in [0.1, 0.15) is 48.2 Å². The zero-order chi connectivity index (χ0) is 29.6. The normalized spacial score (nSPS) is 37.2. The third-order valence-electron chi connectivity index (χ3n) is 8.43. The Morgan fingerprint density at radius 3 is 2.27 bits per heavy atom. The standard InChI is InChI=1S/C29H36O12/c1-12-6-21(26(36)27(37)24(12)34)41-29-22(7-14(11-30)25(35)28(29)38)39-16-8-17(32)23-18(33)10-19(40-20(23)9-16)13-2-4-15(31)5-3-13/h2-5,8-9,12,14,19,21-22,24-32,34-38H,6-7,10-11H2,1H3/t12-,14-,19+,21?,22-,24+,25-,26+,27-,28+,29+/m1/s1. The lowest BCUT2D eigenvalue weighted by molar-refractivity contribution is -0.234. The van der Waals surface area contributed by atoms with E-state index in [0.29, 0.717) is 5.56 Å². The molecular weight excluding hydrogens is 540 g/mol. The number of ketones is 1. The van der Waals surface area contributed by atoms with E-state index in [2.05, 4.69) is 0 Å². The molecule has 1 heterocycles. The molecule has 1 unspecified atom stereocenters. The largest absolute Gasteiger partial charge is 0.508 e. The van der Waals surface area contributed by atoms with E-state index in [1.54, 1.807) is 19.1 Å². The Morgan fingerprint density at radius 2 is 1.59 bits per heavy atom. The SMILES string of the molecule is C[C@@H]1CC(O[C@@H]2[C@@H](O)[C@H](O)[C@@H](CO)C[C@H]2Oc2cc(O)c3c(c2)O[C@H](c2ccc(O)cc2)CC3=O)[C@H](O)[C@H](O)[C@H]1O. The molecule has 0 saturated heterocycles. The van der Waals surface area contributed by atoms with Crippen LogP contribution in [-0.4, -0.2) is 102 Å². The highest BCUT2D eigenvalue weighted by atomic mass is 16.6. The van der Waals surface area contributed by atoms with Gasteiger partial charge in [0.25, 0.3) is 0 Å². The Labute approximate surface area is 236 Å². The number of aromatic hydroxyl groups is 2. The molecule has 3 aliphatic rings. The van der Waals surface area contributed by atoms with Gasteiger partial charge >= 0.3 is 0 Å². The summed E-state index contributed by atoms with van der Waals surface area (Å²) in [5.74, 6) is -1.76. The number of aliphatic hydroxyl groups is 6. The highest BCUT2D eigenvalue weighted by molar-refractivity contribution is 6.02. The highest BCUT2D eigenvalue weighted by Gasteiger charge is 2.49. The molecular formula is C29H36O12. The maximum atomic E-state index is 12.9. The van der Waals surface area contributed by atoms with Crippen LogP contribution in [0.4, 0.5) is 0 Å². The number of aliphatic hydroxyl groups excluding tert-OH is 6. The summed E-state index contributed by atoms with van der Waals surface area (Å²) in [7, 11) is 0. The molecule has 1 aliphatic heterocycles. The number of hydrogen-bond donors (Lipinski definition) is 8. The Bertz CT molecular complexity index is 1240. The number of hydrogen-bond acceptors (Lipinski definition) is 12. The van der Waals surface area contributed by atoms with Crippen molar-refractivity contribution in [2.24, 2.45) is 11.8 Å². The van der Waals surface area contributed by atoms with Gasteiger partial charge in [-0.2, -0.15) is 0 Å². The summed E-state index contributed by atoms with van der Waals surface area (Å²) in [6.07, 6.45) is -10.8. The van der Waals surface area contributed by atoms with Gasteiger partial charge in [0, 0.05) is 24.7 Å². The Balaban J connectivity index is 1.41. The fraction of sp³-hybridized carbons (Fsp3) is 0.552. The molecule has 0 spiro atoms. The van der Waals surface area contributed by atoms with Crippen LogP contribution in [0, 0.1) is 11.8 Å². The second-order valence-electron chi connectivity index (χ2n) is 11.3. The number of phenolic OH excluding ortho intramolecular Hbond substituents is 2. The first kappa shape index (κ1) is 29.5. The maximum absolute atomic E-state index is 12.9. The Hall–Kier alpha value is -2.97. The van der Waals surface area contributed by atoms with Gasteiger partial charge in [-0.25, -0.2) is 0 Å². The third-order valence-corrected chi connectivity index (χ3v) is 8.43. The van der Waals surface area contributed by atoms with Gasteiger partial charge in [-0.05, 0) is 36.5 Å². The zero-order valence-electron chi connectivity index (χ0n) is 22.4. The molecule has 5 rings (SSSR count). The van der Waals surface area contributed by atoms with Crippen LogP contribution >= 0.6 is 0 Å². The predicted octanol–water partition coefficient (Wildman–Crippen LogP) is 0.162. The average molecular weight is 577 g/mol. The van der Waals surface area contributed by atoms with Crippen molar-refractivity contribution in [3.63, 3.8) is 0 Å². The van der Waals surface area contributed by atoms with Crippen molar-refractivity contribution < 1.29 is 59.9 Å². The van der Waals surface area contributed by atoms with Crippen molar-refractivity contribution >= 4 is 5.78 Å². The second-order valence-corrected chi connectivity index (χ2v) is 11.3. The van der Waals surface area contributed by atoms with Gasteiger partial charge in [0.15, 0.2) is 5.78 Å². The summed E-state index contributed by atoms with van der Waals surface area (Å²) in [5, 5.41) is 82.6. The van der Waals surface area contributed by atoms with E-state index in [4.69, 9.17) is 14.2 Å². The summed E-state index contributed by atoms with van der Waals surface area (Å²) in [6, 6.07) is 8.84. The van der Waals surface area contributed by atoms with E-state index >= 15 is 0 Å². The molecule has 0 aromatic heterocycles. The number of phenols is 2. The molecule has 224 valence electrons. The van der Waals surface area contributed by atoms with Gasteiger partial charge in [0.1, 0.15) is 65.2 Å². The molecule has 0 amide bonds. The average Bonchev–Trinajstić information content (AvgIpc) is 2.94. The van der Waals surface area contributed by atoms with Gasteiger partial charge in [-0.1, -0.05) is 19.1 Å². The molecule has 11 atom stereocenters. The first-order valence-corrected chi connectivity index (χ1v) is 13.7. The fourth-order valence-corrected chi connectivity index (χ4v) is 6.01. The van der Waals surface area contributed by atoms with Gasteiger partial charge in [-0.15, -0.1) is 0 Å². The first-order valence-electron chi connectivity index (χ1n) is 13.7. The predicted molar refractivity (Wildman–Crippen MR) is 141 cm³/mol. The smallest absolute Gasteiger partial charge is 0.174 e. The molecule has 2 aromatic rings. The van der Waals surface area contributed by atoms with Crippen LogP contribution in [0.2, 0.25) is 0 Å². The Kier molecular flexibility index (Phi) is 8.44. The minimum absolute atomic E-state index is 0.0145. The quantitative estimate of drug-likeness (QED) is 0.232. The van der Waals surface area contributed by atoms with Crippen molar-refractivity contribution in [3.05, 3.63) is 47.5 Å². The van der Waals surface area contributed by atoms with Gasteiger partial charge in [-0.3, -0.25) is 4.79 Å². The van der Waals surface area contributed by atoms with Crippen LogP contribution in [0.3, 0.4) is 0 Å². The summed E-state index contributed by atoms with van der Waals surface area (Å²) >= 11 is 0. The topological polar surface area (TPSA) is 207 Å². The van der Waals surface area contributed by atoms with Crippen LogP contribution in [0.15, 0.2) is 36.4 Å². The lowest BCUT2D eigenvalue weighted by atomic mass is 9.79. The van der Waals surface area contributed by atoms with Crippen molar-refractivity contribution in [2.45, 2.75) is 81.1 Å². The number of fused-ring (bicyclic) bond motifs is 1. The van der Waals surface area contributed by atoms with Gasteiger partial charge in [0.05, 0.1) is 24.7 Å². The van der Waals surface area contributed by atoms with Crippen molar-refractivity contribution in [3.8, 4) is 23.0 Å². The first-order chi connectivity index (χ1) is 19.5. The number of carbonyl (C=O) groups excluding carboxylic acids is 1. The van der Waals surface area contributed by atoms with Crippen LogP contribution in [-0.2, 0) is 4.74 Å². The Morgan fingerprint density at radius 1 is 0.878 bits per heavy atom. The molecule has 2 fully saturated rings. The molecule has 2 aromatic carbocycles. The lowest BCUT2D eigenvalue weighted by Gasteiger charge is -2.46. The lowest BCUT2D eigenvalue weighted by Crippen LogP contribution is -2.61. The number of ether oxygens (including phenoxy) is 3. The van der Waals surface area contributed by atoms with Crippen molar-refractivity contribution in [1.29, 1.82) is 0 Å². The molecule has 0 radical (unpaired) electrons. The summed E-state index contributed by atoms with van der Waals surface area (Å²) in [5.41, 5.74) is 0.628. The van der Waals surface area contributed by atoms with E-state index in [0.717, 1.165) is 0 Å². The minimum Gasteiger partial charge on any atom is -0.508 e. The molecule has 12 heteroatoms. The minimum atomic E-state index is -1.54. The summed E-state index contributed by atoms with van der Waals surface area (Å²) in [6.45, 7) is 1.22. The number of rotatable bonds is 6. The monoisotopic (exact) mass is 576 g/mol. The van der Waals surface area contributed by atoms with Crippen molar-refractivity contribution in [2.75, 3.05) is 6.61 Å². The number of benzene rings is 2. The molecule has 2 aliphatic carbocycles. The zero-order valence-corrected chi connectivity index (χ0v) is 22.4. The van der Waals surface area contributed by atoms with Crippen LogP contribution in [0.5, 0.6) is 23.0 Å². The van der Waals surface area contributed by atoms with Gasteiger partial charge < -0.3 is 55.1 Å². The number of Topliss-reactive ketones (excluding diaryl/α,β-unsaturated/α-hetero) is 1. The third kappa shape index (κ3) is 5.73. The summed E-state index contributed by atoms with van der Waals surface area (Å²) in [4.78, 5) is 12.9. The summed E-state index contributed by atoms with van der Waals surface area (Å²) < 4.78 is 18.2. The van der Waals surface area contributed by atoms with Crippen molar-refractivity contribution in [1.82, 2.24) is 0 Å². The molecule has 0 bridgehead atoms. The highest BCUT2D eigenvalue weighted by Crippen LogP contribution is 2.43. The van der Waals surface area contributed by atoms with E-state index in [9.17, 15) is 45.6 Å². The van der Waals surface area contributed by atoms with E-state index in [-0.39, 0.29) is 53.6 Å². The molecule has 2 saturated carbocycles. The van der Waals surface area contributed by atoms with Crippen LogP contribution < -0.4 is 9.47 Å². The maximum Gasteiger partial charge on any atom is 0.174 e. The second kappa shape index (κ2) is 11.7. The molecule has 41 heavy (non-hydrogen) atoms. The fourth-order valence-electron chi connectivity index (χ4n) is 6.01. The van der Waals surface area contributed by atoms with Crippen LogP contribution in [0.25, 0.3) is 0 Å². The van der Waals surface area contributed by atoms with E-state index in [1.807, 2.05) is 0 Å². The molecule has 8 N–H and O–H groups in total.